The highest BCUT2D eigenvalue weighted by atomic mass is 16.2. The molecule has 1 aliphatic rings. The van der Waals surface area contributed by atoms with Crippen LogP contribution in [-0.2, 0) is 0 Å². The minimum Gasteiger partial charge on any atom is -0.366 e. The number of carbonyl (C=O) groups excluding carboxylic acids is 1. The van der Waals surface area contributed by atoms with Crippen molar-refractivity contribution in [3.8, 4) is 0 Å². The molecule has 25 heavy (non-hydrogen) atoms. The number of hydrogen-bond acceptors (Lipinski definition) is 6. The van der Waals surface area contributed by atoms with Crippen molar-refractivity contribution in [1.82, 2.24) is 29.7 Å². The number of nitrogens with zero attached hydrogens (tertiary/aromatic N) is 6. The summed E-state index contributed by atoms with van der Waals surface area (Å²) in [6, 6.07) is 5.86. The number of nitrogens with one attached hydrogen (secondary N) is 1. The lowest BCUT2D eigenvalue weighted by molar-refractivity contribution is 0.0719. The third kappa shape index (κ3) is 3.02. The summed E-state index contributed by atoms with van der Waals surface area (Å²) in [6.45, 7) is 3.24. The van der Waals surface area contributed by atoms with Gasteiger partial charge in [0.25, 0.3) is 5.91 Å². The van der Waals surface area contributed by atoms with Gasteiger partial charge in [-0.25, -0.2) is 9.50 Å². The van der Waals surface area contributed by atoms with E-state index in [9.17, 15) is 4.79 Å². The molecule has 0 aromatic carbocycles. The maximum absolute atomic E-state index is 13.0. The highest BCUT2D eigenvalue weighted by Crippen LogP contribution is 2.20. The first kappa shape index (κ1) is 15.5. The van der Waals surface area contributed by atoms with Gasteiger partial charge >= 0.3 is 0 Å². The zero-order valence-electron chi connectivity index (χ0n) is 14.0. The second kappa shape index (κ2) is 6.46. The number of piperidine rings is 1. The Bertz CT molecular complexity index is 884. The van der Waals surface area contributed by atoms with Crippen LogP contribution in [0.15, 0.2) is 36.8 Å². The fourth-order valence-electron chi connectivity index (χ4n) is 3.22. The number of likely N-dealkylation sites (tertiary alicyclic amines) is 1. The number of rotatable bonds is 3. The number of aryl methyl sites for hydroxylation is 1. The molecule has 3 aromatic heterocycles. The van der Waals surface area contributed by atoms with E-state index in [4.69, 9.17) is 0 Å². The largest absolute Gasteiger partial charge is 0.366 e. The summed E-state index contributed by atoms with van der Waals surface area (Å²) in [6.07, 6.45) is 6.88. The molecule has 8 heteroatoms. The van der Waals surface area contributed by atoms with E-state index >= 15 is 0 Å². The molecule has 0 unspecified atom stereocenters. The second-order valence-electron chi connectivity index (χ2n) is 6.17. The molecule has 8 nitrogen and oxygen atoms in total. The molecule has 128 valence electrons. The summed E-state index contributed by atoms with van der Waals surface area (Å²) in [4.78, 5) is 19.1. The lowest BCUT2D eigenvalue weighted by atomic mass is 10.0. The van der Waals surface area contributed by atoms with Crippen LogP contribution in [-0.4, -0.2) is 54.7 Å². The van der Waals surface area contributed by atoms with E-state index in [0.29, 0.717) is 36.0 Å². The fraction of sp³-hybridized carbons (Fsp3) is 0.353. The summed E-state index contributed by atoms with van der Waals surface area (Å²) in [5, 5.41) is 15.7. The molecule has 3 aromatic rings. The van der Waals surface area contributed by atoms with E-state index in [-0.39, 0.29) is 5.91 Å². The number of carbonyl (C=O) groups is 1. The van der Waals surface area contributed by atoms with Gasteiger partial charge in [-0.2, -0.15) is 10.2 Å². The Hall–Kier alpha value is -3.03. The van der Waals surface area contributed by atoms with E-state index in [1.54, 1.807) is 23.0 Å². The highest BCUT2D eigenvalue weighted by Gasteiger charge is 2.27. The van der Waals surface area contributed by atoms with Crippen molar-refractivity contribution in [2.75, 3.05) is 18.4 Å². The molecule has 4 heterocycles. The van der Waals surface area contributed by atoms with Gasteiger partial charge in [0, 0.05) is 37.7 Å². The van der Waals surface area contributed by atoms with Crippen molar-refractivity contribution in [3.63, 3.8) is 0 Å². The molecule has 1 N–H and O–H groups in total. The molecule has 0 radical (unpaired) electrons. The lowest BCUT2D eigenvalue weighted by Crippen LogP contribution is -2.42. The third-order valence-electron chi connectivity index (χ3n) is 4.49. The monoisotopic (exact) mass is 337 g/mol. The molecule has 0 atom stereocenters. The van der Waals surface area contributed by atoms with Gasteiger partial charge in [-0.1, -0.05) is 0 Å². The Morgan fingerprint density at radius 2 is 2.08 bits per heavy atom. The average molecular weight is 337 g/mol. The predicted molar refractivity (Wildman–Crippen MR) is 92.3 cm³/mol. The Morgan fingerprint density at radius 3 is 2.84 bits per heavy atom. The van der Waals surface area contributed by atoms with E-state index in [1.807, 2.05) is 30.2 Å². The topological polar surface area (TPSA) is 88.3 Å². The van der Waals surface area contributed by atoms with Crippen LogP contribution in [0.4, 0.5) is 5.82 Å². The quantitative estimate of drug-likeness (QED) is 0.780. The van der Waals surface area contributed by atoms with E-state index in [0.717, 1.165) is 18.7 Å². The van der Waals surface area contributed by atoms with Crippen molar-refractivity contribution >= 4 is 17.4 Å². The van der Waals surface area contributed by atoms with E-state index in [2.05, 4.69) is 25.6 Å². The standard InChI is InChI=1S/C17H19N7O/c1-12-15(16-18-7-3-9-24(16)22-12)17(25)23-10-5-13(6-11-23)20-14-4-2-8-19-21-14/h2-4,7-9,13H,5-6,10-11H2,1H3,(H,20,21). The summed E-state index contributed by atoms with van der Waals surface area (Å²) >= 11 is 0. The maximum atomic E-state index is 13.0. The van der Waals surface area contributed by atoms with Crippen LogP contribution in [0.1, 0.15) is 28.9 Å². The van der Waals surface area contributed by atoms with Crippen molar-refractivity contribution in [3.05, 3.63) is 48.0 Å². The minimum absolute atomic E-state index is 0.00385. The molecule has 1 amide bonds. The summed E-state index contributed by atoms with van der Waals surface area (Å²) in [5.74, 6) is 0.777. The van der Waals surface area contributed by atoms with Gasteiger partial charge in [-0.05, 0) is 38.0 Å². The normalized spacial score (nSPS) is 15.5. The van der Waals surface area contributed by atoms with E-state index < -0.39 is 0 Å². The zero-order valence-corrected chi connectivity index (χ0v) is 14.0. The Morgan fingerprint density at radius 1 is 1.24 bits per heavy atom. The smallest absolute Gasteiger partial charge is 0.259 e. The molecule has 1 saturated heterocycles. The first-order valence-electron chi connectivity index (χ1n) is 8.36. The van der Waals surface area contributed by atoms with Crippen molar-refractivity contribution < 1.29 is 4.79 Å². The van der Waals surface area contributed by atoms with Crippen LogP contribution in [0.5, 0.6) is 0 Å². The predicted octanol–water partition coefficient (Wildman–Crippen LogP) is 1.54. The maximum Gasteiger partial charge on any atom is 0.259 e. The first-order chi connectivity index (χ1) is 12.2. The van der Waals surface area contributed by atoms with Crippen molar-refractivity contribution in [1.29, 1.82) is 0 Å². The minimum atomic E-state index is 0.00385. The van der Waals surface area contributed by atoms with Crippen LogP contribution >= 0.6 is 0 Å². The van der Waals surface area contributed by atoms with Gasteiger partial charge in [0.15, 0.2) is 5.65 Å². The molecular weight excluding hydrogens is 318 g/mol. The molecule has 0 bridgehead atoms. The number of hydrogen-bond donors (Lipinski definition) is 1. The molecule has 0 aliphatic carbocycles. The first-order valence-corrected chi connectivity index (χ1v) is 8.36. The van der Waals surface area contributed by atoms with Gasteiger partial charge in [0.2, 0.25) is 0 Å². The Labute approximate surface area is 144 Å². The van der Waals surface area contributed by atoms with Crippen LogP contribution in [0.25, 0.3) is 5.65 Å². The fourth-order valence-corrected chi connectivity index (χ4v) is 3.22. The SMILES string of the molecule is Cc1nn2cccnc2c1C(=O)N1CCC(Nc2cccnn2)CC1. The van der Waals surface area contributed by atoms with E-state index in [1.165, 1.54) is 0 Å². The van der Waals surface area contributed by atoms with Gasteiger partial charge in [-0.3, -0.25) is 4.79 Å². The van der Waals surface area contributed by atoms with Crippen molar-refractivity contribution in [2.45, 2.75) is 25.8 Å². The second-order valence-corrected chi connectivity index (χ2v) is 6.17. The number of anilines is 1. The van der Waals surface area contributed by atoms with Crippen LogP contribution in [0, 0.1) is 6.92 Å². The van der Waals surface area contributed by atoms with Crippen LogP contribution < -0.4 is 5.32 Å². The summed E-state index contributed by atoms with van der Waals surface area (Å²) in [5.41, 5.74) is 1.93. The van der Waals surface area contributed by atoms with Crippen LogP contribution in [0.2, 0.25) is 0 Å². The molecule has 0 spiro atoms. The summed E-state index contributed by atoms with van der Waals surface area (Å²) in [7, 11) is 0. The van der Waals surface area contributed by atoms with Crippen molar-refractivity contribution in [2.24, 2.45) is 0 Å². The lowest BCUT2D eigenvalue weighted by Gasteiger charge is -2.32. The van der Waals surface area contributed by atoms with Gasteiger partial charge in [-0.15, -0.1) is 5.10 Å². The Balaban J connectivity index is 1.45. The average Bonchev–Trinajstić information content (AvgIpc) is 2.98. The molecule has 4 rings (SSSR count). The van der Waals surface area contributed by atoms with Gasteiger partial charge in [0.05, 0.1) is 5.69 Å². The molecule has 0 saturated carbocycles. The number of fused-ring (bicyclic) bond motifs is 1. The third-order valence-corrected chi connectivity index (χ3v) is 4.49. The van der Waals surface area contributed by atoms with Crippen LogP contribution in [0.3, 0.4) is 0 Å². The zero-order chi connectivity index (χ0) is 17.2. The summed E-state index contributed by atoms with van der Waals surface area (Å²) < 4.78 is 1.66. The number of amides is 1. The number of aromatic nitrogens is 5. The Kier molecular flexibility index (Phi) is 4.01. The molecule has 1 aliphatic heterocycles. The van der Waals surface area contributed by atoms with Gasteiger partial charge in [0.1, 0.15) is 11.4 Å². The highest BCUT2D eigenvalue weighted by molar-refractivity contribution is 6.01. The molecular formula is C17H19N7O. The molecule has 1 fully saturated rings. The van der Waals surface area contributed by atoms with Gasteiger partial charge < -0.3 is 10.2 Å².